The molecule has 0 aliphatic rings. The molecular formula is C21H17Br3O3. The summed E-state index contributed by atoms with van der Waals surface area (Å²) in [4.78, 5) is 0. The van der Waals surface area contributed by atoms with Gasteiger partial charge in [0.1, 0.15) is 17.2 Å². The van der Waals surface area contributed by atoms with Crippen LogP contribution < -0.4 is 0 Å². The van der Waals surface area contributed by atoms with Gasteiger partial charge in [0.05, 0.1) is 13.4 Å². The highest BCUT2D eigenvalue weighted by atomic mass is 79.9. The topological polar surface area (TPSA) is 60.7 Å². The summed E-state index contributed by atoms with van der Waals surface area (Å²) < 4.78 is 1.88. The summed E-state index contributed by atoms with van der Waals surface area (Å²) in [5, 5.41) is 29.6. The van der Waals surface area contributed by atoms with Crippen LogP contribution in [0.15, 0.2) is 68.0 Å². The lowest BCUT2D eigenvalue weighted by molar-refractivity contribution is 0.467. The van der Waals surface area contributed by atoms with Crippen LogP contribution in [-0.4, -0.2) is 15.3 Å². The zero-order valence-electron chi connectivity index (χ0n) is 14.4. The summed E-state index contributed by atoms with van der Waals surface area (Å²) in [6, 6.07) is 16.4. The molecule has 0 unspecified atom stereocenters. The lowest BCUT2D eigenvalue weighted by atomic mass is 9.72. The van der Waals surface area contributed by atoms with Crippen molar-refractivity contribution in [1.82, 2.24) is 0 Å². The molecule has 0 aromatic heterocycles. The van der Waals surface area contributed by atoms with Crippen LogP contribution in [-0.2, 0) is 11.8 Å². The lowest BCUT2D eigenvalue weighted by Gasteiger charge is -2.32. The van der Waals surface area contributed by atoms with Gasteiger partial charge in [0.15, 0.2) is 0 Å². The van der Waals surface area contributed by atoms with Crippen LogP contribution >= 0.6 is 47.8 Å². The highest BCUT2D eigenvalue weighted by Gasteiger charge is 2.31. The zero-order chi connectivity index (χ0) is 19.8. The number of aromatic hydroxyl groups is 3. The average molecular weight is 557 g/mol. The second kappa shape index (κ2) is 7.86. The Morgan fingerprint density at radius 2 is 1.07 bits per heavy atom. The van der Waals surface area contributed by atoms with Crippen LogP contribution in [0, 0.1) is 0 Å². The third-order valence-electron chi connectivity index (χ3n) is 4.74. The maximum atomic E-state index is 9.90. The van der Waals surface area contributed by atoms with E-state index in [4.69, 9.17) is 0 Å². The van der Waals surface area contributed by atoms with Gasteiger partial charge < -0.3 is 15.3 Å². The predicted molar refractivity (Wildman–Crippen MR) is 118 cm³/mol. The predicted octanol–water partition coefficient (Wildman–Crippen LogP) is 6.64. The minimum Gasteiger partial charge on any atom is -0.507 e. The molecule has 3 nitrogen and oxygen atoms in total. The van der Waals surface area contributed by atoms with E-state index in [2.05, 4.69) is 54.7 Å². The Labute approximate surface area is 183 Å². The summed E-state index contributed by atoms with van der Waals surface area (Å²) in [6.07, 6.45) is 0.653. The maximum absolute atomic E-state index is 9.90. The van der Waals surface area contributed by atoms with Gasteiger partial charge in [-0.05, 0) is 107 Å². The van der Waals surface area contributed by atoms with E-state index in [0.717, 1.165) is 16.7 Å². The molecule has 0 saturated heterocycles. The monoisotopic (exact) mass is 554 g/mol. The van der Waals surface area contributed by atoms with Gasteiger partial charge in [-0.2, -0.15) is 0 Å². The van der Waals surface area contributed by atoms with E-state index in [-0.39, 0.29) is 17.2 Å². The van der Waals surface area contributed by atoms with Crippen molar-refractivity contribution in [3.05, 3.63) is 84.7 Å². The third kappa shape index (κ3) is 4.18. The number of hydrogen-bond donors (Lipinski definition) is 3. The second-order valence-electron chi connectivity index (χ2n) is 6.63. The number of hydrogen-bond acceptors (Lipinski definition) is 3. The number of phenolic OH excluding ortho intramolecular Hbond substituents is 3. The van der Waals surface area contributed by atoms with Crippen LogP contribution in [0.5, 0.6) is 17.2 Å². The van der Waals surface area contributed by atoms with Crippen molar-refractivity contribution in [3.63, 3.8) is 0 Å². The minimum atomic E-state index is -0.442. The van der Waals surface area contributed by atoms with Crippen LogP contribution in [0.1, 0.15) is 23.6 Å². The van der Waals surface area contributed by atoms with E-state index in [1.807, 2.05) is 36.4 Å². The fourth-order valence-electron chi connectivity index (χ4n) is 3.14. The standard InChI is InChI=1S/C21H17Br3O3/c1-21(13-3-6-19(26)16(23)9-13,14-4-7-20(27)17(24)10-14)11-12-2-5-18(25)15(22)8-12/h2-10,25-27H,11H2,1H3. The summed E-state index contributed by atoms with van der Waals surface area (Å²) in [5.41, 5.74) is 2.61. The molecule has 3 N–H and O–H groups in total. The van der Waals surface area contributed by atoms with Gasteiger partial charge in [0, 0.05) is 5.41 Å². The summed E-state index contributed by atoms with van der Waals surface area (Å²) in [5.74, 6) is 0.556. The van der Waals surface area contributed by atoms with Gasteiger partial charge in [0.25, 0.3) is 0 Å². The maximum Gasteiger partial charge on any atom is 0.129 e. The summed E-state index contributed by atoms with van der Waals surface area (Å²) in [6.45, 7) is 2.12. The van der Waals surface area contributed by atoms with Gasteiger partial charge in [-0.3, -0.25) is 0 Å². The first-order chi connectivity index (χ1) is 12.7. The molecule has 0 bridgehead atoms. The van der Waals surface area contributed by atoms with E-state index >= 15 is 0 Å². The van der Waals surface area contributed by atoms with E-state index in [9.17, 15) is 15.3 Å². The van der Waals surface area contributed by atoms with Crippen LogP contribution in [0.4, 0.5) is 0 Å². The molecule has 0 aliphatic heterocycles. The molecule has 0 saturated carbocycles. The molecule has 140 valence electrons. The van der Waals surface area contributed by atoms with E-state index in [1.165, 1.54) is 0 Å². The Morgan fingerprint density at radius 1 is 0.667 bits per heavy atom. The molecule has 0 atom stereocenters. The molecule has 0 fully saturated rings. The Bertz CT molecular complexity index is 950. The Morgan fingerprint density at radius 3 is 1.48 bits per heavy atom. The first-order valence-corrected chi connectivity index (χ1v) is 10.5. The first kappa shape index (κ1) is 20.2. The third-order valence-corrected chi connectivity index (χ3v) is 6.64. The molecular weight excluding hydrogens is 540 g/mol. The molecule has 0 spiro atoms. The summed E-state index contributed by atoms with van der Waals surface area (Å²) >= 11 is 10.2. The SMILES string of the molecule is CC(Cc1ccc(O)c(Br)c1)(c1ccc(O)c(Br)c1)c1ccc(O)c(Br)c1. The molecule has 27 heavy (non-hydrogen) atoms. The first-order valence-electron chi connectivity index (χ1n) is 8.16. The van der Waals surface area contributed by atoms with Crippen molar-refractivity contribution in [1.29, 1.82) is 0 Å². The van der Waals surface area contributed by atoms with Gasteiger partial charge >= 0.3 is 0 Å². The number of halogens is 3. The molecule has 0 amide bonds. The number of rotatable bonds is 4. The van der Waals surface area contributed by atoms with Gasteiger partial charge in [-0.15, -0.1) is 0 Å². The lowest BCUT2D eigenvalue weighted by Crippen LogP contribution is -2.26. The van der Waals surface area contributed by atoms with Crippen LogP contribution in [0.3, 0.4) is 0 Å². The van der Waals surface area contributed by atoms with Crippen molar-refractivity contribution in [2.75, 3.05) is 0 Å². The summed E-state index contributed by atoms with van der Waals surface area (Å²) in [7, 11) is 0. The fourth-order valence-corrected chi connectivity index (χ4v) is 4.32. The molecule has 3 aromatic carbocycles. The van der Waals surface area contributed by atoms with Gasteiger partial charge in [-0.25, -0.2) is 0 Å². The Hall–Kier alpha value is -1.50. The van der Waals surface area contributed by atoms with E-state index < -0.39 is 5.41 Å². The quantitative estimate of drug-likeness (QED) is 0.338. The van der Waals surface area contributed by atoms with Crippen LogP contribution in [0.2, 0.25) is 0 Å². The van der Waals surface area contributed by atoms with Crippen LogP contribution in [0.25, 0.3) is 0 Å². The normalized spacial score (nSPS) is 11.6. The van der Waals surface area contributed by atoms with Crippen molar-refractivity contribution < 1.29 is 15.3 Å². The van der Waals surface area contributed by atoms with E-state index in [1.54, 1.807) is 18.2 Å². The second-order valence-corrected chi connectivity index (χ2v) is 9.19. The molecule has 0 aliphatic carbocycles. The average Bonchev–Trinajstić information content (AvgIpc) is 2.62. The van der Waals surface area contributed by atoms with Crippen molar-refractivity contribution >= 4 is 47.8 Å². The molecule has 6 heteroatoms. The Balaban J connectivity index is 2.16. The van der Waals surface area contributed by atoms with Crippen molar-refractivity contribution in [2.45, 2.75) is 18.8 Å². The number of benzene rings is 3. The van der Waals surface area contributed by atoms with Gasteiger partial charge in [0.2, 0.25) is 0 Å². The zero-order valence-corrected chi connectivity index (χ0v) is 19.1. The highest BCUT2D eigenvalue weighted by Crippen LogP contribution is 2.41. The molecule has 3 aromatic rings. The van der Waals surface area contributed by atoms with Gasteiger partial charge in [-0.1, -0.05) is 25.1 Å². The molecule has 0 heterocycles. The fraction of sp³-hybridized carbons (Fsp3) is 0.143. The Kier molecular flexibility index (Phi) is 5.89. The number of phenols is 3. The molecule has 3 rings (SSSR count). The highest BCUT2D eigenvalue weighted by molar-refractivity contribution is 9.11. The van der Waals surface area contributed by atoms with Crippen molar-refractivity contribution in [2.24, 2.45) is 0 Å². The van der Waals surface area contributed by atoms with Crippen molar-refractivity contribution in [3.8, 4) is 17.2 Å². The minimum absolute atomic E-state index is 0.181. The smallest absolute Gasteiger partial charge is 0.129 e. The molecule has 0 radical (unpaired) electrons. The largest absolute Gasteiger partial charge is 0.507 e. The van der Waals surface area contributed by atoms with E-state index in [0.29, 0.717) is 19.8 Å².